The SMILES string of the molecule is CC(O)CC(C)O.[Ir].[c-]1ccccc1-c1ncnc2c1oc1ccccc12. The molecule has 143 valence electrons. The summed E-state index contributed by atoms with van der Waals surface area (Å²) >= 11 is 0. The predicted octanol–water partition coefficient (Wildman–Crippen LogP) is 3.98. The number of aromatic nitrogens is 2. The van der Waals surface area contributed by atoms with Gasteiger partial charge in [0.1, 0.15) is 23.0 Å². The van der Waals surface area contributed by atoms with Crippen LogP contribution in [-0.2, 0) is 20.1 Å². The molecule has 2 unspecified atom stereocenters. The summed E-state index contributed by atoms with van der Waals surface area (Å²) in [4.78, 5) is 8.67. The average molecular weight is 542 g/mol. The summed E-state index contributed by atoms with van der Waals surface area (Å²) < 4.78 is 5.89. The number of aliphatic hydroxyl groups is 2. The average Bonchev–Trinajstić information content (AvgIpc) is 3.00. The van der Waals surface area contributed by atoms with Crippen LogP contribution in [0.25, 0.3) is 33.3 Å². The van der Waals surface area contributed by atoms with Gasteiger partial charge in [-0.25, -0.2) is 4.98 Å². The van der Waals surface area contributed by atoms with E-state index in [-0.39, 0.29) is 32.3 Å². The van der Waals surface area contributed by atoms with Crippen molar-refractivity contribution in [1.29, 1.82) is 0 Å². The molecule has 0 fully saturated rings. The zero-order valence-corrected chi connectivity index (χ0v) is 17.5. The van der Waals surface area contributed by atoms with Crippen LogP contribution in [0, 0.1) is 6.07 Å². The minimum absolute atomic E-state index is 0. The molecule has 0 saturated heterocycles. The van der Waals surface area contributed by atoms with E-state index in [1.807, 2.05) is 48.5 Å². The Bertz CT molecular complexity index is 978. The first-order valence-electron chi connectivity index (χ1n) is 8.51. The molecule has 0 spiro atoms. The van der Waals surface area contributed by atoms with Gasteiger partial charge < -0.3 is 14.6 Å². The summed E-state index contributed by atoms with van der Waals surface area (Å²) in [5, 5.41) is 18.1. The van der Waals surface area contributed by atoms with Crippen LogP contribution in [0.2, 0.25) is 0 Å². The van der Waals surface area contributed by atoms with Gasteiger partial charge in [0.2, 0.25) is 0 Å². The predicted molar refractivity (Wildman–Crippen MR) is 102 cm³/mol. The normalized spacial score (nSPS) is 12.7. The number of aliphatic hydroxyl groups excluding tert-OH is 2. The summed E-state index contributed by atoms with van der Waals surface area (Å²) in [5.74, 6) is 0. The molecule has 4 rings (SSSR count). The van der Waals surface area contributed by atoms with Crippen LogP contribution in [0.4, 0.5) is 0 Å². The van der Waals surface area contributed by atoms with E-state index in [0.29, 0.717) is 12.0 Å². The van der Waals surface area contributed by atoms with Crippen molar-refractivity contribution in [2.24, 2.45) is 0 Å². The summed E-state index contributed by atoms with van der Waals surface area (Å²) in [5.41, 5.74) is 4.08. The van der Waals surface area contributed by atoms with E-state index in [1.165, 1.54) is 0 Å². The van der Waals surface area contributed by atoms with Gasteiger partial charge in [-0.3, -0.25) is 4.98 Å². The standard InChI is InChI=1S/C16H9N2O.C5H12O2.Ir/c1-2-6-11(7-3-1)14-16-15(18-10-17-14)12-8-4-5-9-13(12)19-16;1-4(6)3-5(2)7;/h1-6,8-10H;4-7H,3H2,1-2H3;/q-1;;. The Morgan fingerprint density at radius 1 is 1.00 bits per heavy atom. The second kappa shape index (κ2) is 9.72. The molecular formula is C21H21IrN2O3-. The zero-order valence-electron chi connectivity index (χ0n) is 15.1. The van der Waals surface area contributed by atoms with Crippen molar-refractivity contribution >= 4 is 22.1 Å². The summed E-state index contributed by atoms with van der Waals surface area (Å²) in [6, 6.07) is 18.8. The fourth-order valence-corrected chi connectivity index (χ4v) is 2.75. The Kier molecular flexibility index (Phi) is 7.63. The monoisotopic (exact) mass is 542 g/mol. The van der Waals surface area contributed by atoms with E-state index < -0.39 is 0 Å². The molecule has 0 aliphatic rings. The molecule has 6 heteroatoms. The maximum atomic E-state index is 8.56. The van der Waals surface area contributed by atoms with Gasteiger partial charge in [0.25, 0.3) is 0 Å². The van der Waals surface area contributed by atoms with Crippen molar-refractivity contribution in [2.45, 2.75) is 32.5 Å². The Morgan fingerprint density at radius 2 is 1.70 bits per heavy atom. The van der Waals surface area contributed by atoms with Crippen LogP contribution in [0.3, 0.4) is 0 Å². The van der Waals surface area contributed by atoms with E-state index in [0.717, 1.165) is 27.7 Å². The van der Waals surface area contributed by atoms with E-state index in [1.54, 1.807) is 20.2 Å². The van der Waals surface area contributed by atoms with Crippen molar-refractivity contribution in [3.8, 4) is 11.3 Å². The molecule has 0 bridgehead atoms. The van der Waals surface area contributed by atoms with Crippen molar-refractivity contribution in [3.05, 3.63) is 60.9 Å². The quantitative estimate of drug-likeness (QED) is 0.384. The third-order valence-electron chi connectivity index (χ3n) is 3.80. The minimum Gasteiger partial charge on any atom is -0.462 e. The molecule has 2 atom stereocenters. The number of hydrogen-bond acceptors (Lipinski definition) is 5. The van der Waals surface area contributed by atoms with E-state index >= 15 is 0 Å². The second-order valence-electron chi connectivity index (χ2n) is 6.21. The molecule has 2 aromatic heterocycles. The number of rotatable bonds is 3. The van der Waals surface area contributed by atoms with Gasteiger partial charge in [-0.15, -0.1) is 35.9 Å². The van der Waals surface area contributed by atoms with E-state index in [2.05, 4.69) is 16.0 Å². The van der Waals surface area contributed by atoms with Crippen molar-refractivity contribution in [1.82, 2.24) is 9.97 Å². The number of fused-ring (bicyclic) bond motifs is 3. The number of benzene rings is 2. The molecule has 2 aromatic carbocycles. The number of hydrogen-bond donors (Lipinski definition) is 2. The zero-order chi connectivity index (χ0) is 18.5. The van der Waals surface area contributed by atoms with Gasteiger partial charge in [-0.05, 0) is 32.4 Å². The van der Waals surface area contributed by atoms with Crippen LogP contribution in [0.5, 0.6) is 0 Å². The second-order valence-corrected chi connectivity index (χ2v) is 6.21. The Balaban J connectivity index is 0.000000285. The van der Waals surface area contributed by atoms with Crippen LogP contribution < -0.4 is 0 Å². The van der Waals surface area contributed by atoms with Gasteiger partial charge in [0, 0.05) is 31.2 Å². The Hall–Kier alpha value is -2.11. The Morgan fingerprint density at radius 3 is 2.33 bits per heavy atom. The van der Waals surface area contributed by atoms with E-state index in [4.69, 9.17) is 14.6 Å². The number of nitrogens with zero attached hydrogens (tertiary/aromatic N) is 2. The topological polar surface area (TPSA) is 79.4 Å². The van der Waals surface area contributed by atoms with Gasteiger partial charge in [0.05, 0.1) is 12.2 Å². The van der Waals surface area contributed by atoms with Crippen molar-refractivity contribution in [3.63, 3.8) is 0 Å². The fraction of sp³-hybridized carbons (Fsp3) is 0.238. The molecule has 1 radical (unpaired) electrons. The first-order chi connectivity index (χ1) is 12.6. The largest absolute Gasteiger partial charge is 0.462 e. The molecule has 5 nitrogen and oxygen atoms in total. The summed E-state index contributed by atoms with van der Waals surface area (Å²) in [7, 11) is 0. The molecule has 0 aliphatic carbocycles. The van der Waals surface area contributed by atoms with Gasteiger partial charge in [-0.2, -0.15) is 0 Å². The molecule has 4 aromatic rings. The minimum atomic E-state index is -0.375. The van der Waals surface area contributed by atoms with Crippen LogP contribution in [0.15, 0.2) is 59.3 Å². The van der Waals surface area contributed by atoms with Crippen LogP contribution in [-0.4, -0.2) is 32.4 Å². The van der Waals surface area contributed by atoms with E-state index in [9.17, 15) is 0 Å². The molecule has 2 heterocycles. The van der Waals surface area contributed by atoms with Gasteiger partial charge in [-0.1, -0.05) is 12.1 Å². The maximum absolute atomic E-state index is 8.56. The molecule has 0 aliphatic heterocycles. The van der Waals surface area contributed by atoms with Crippen molar-refractivity contribution < 1.29 is 34.7 Å². The van der Waals surface area contributed by atoms with Crippen LogP contribution >= 0.6 is 0 Å². The summed E-state index contributed by atoms with van der Waals surface area (Å²) in [6.07, 6.45) is 1.29. The Labute approximate surface area is 171 Å². The van der Waals surface area contributed by atoms with Gasteiger partial charge in [0.15, 0.2) is 0 Å². The van der Waals surface area contributed by atoms with Crippen LogP contribution in [0.1, 0.15) is 20.3 Å². The number of para-hydroxylation sites is 1. The molecule has 0 amide bonds. The van der Waals surface area contributed by atoms with Crippen molar-refractivity contribution in [2.75, 3.05) is 0 Å². The molecule has 2 N–H and O–H groups in total. The first-order valence-corrected chi connectivity index (χ1v) is 8.51. The first kappa shape index (κ1) is 21.2. The van der Waals surface area contributed by atoms with Gasteiger partial charge >= 0.3 is 0 Å². The number of furan rings is 1. The third-order valence-corrected chi connectivity index (χ3v) is 3.80. The smallest absolute Gasteiger partial charge is 0.138 e. The summed E-state index contributed by atoms with van der Waals surface area (Å²) in [6.45, 7) is 3.32. The molecule has 0 saturated carbocycles. The molecule has 27 heavy (non-hydrogen) atoms. The fourth-order valence-electron chi connectivity index (χ4n) is 2.75. The molecular weight excluding hydrogens is 520 g/mol. The maximum Gasteiger partial charge on any atom is 0.138 e. The third kappa shape index (κ3) is 5.21.